The van der Waals surface area contributed by atoms with Gasteiger partial charge in [-0.3, -0.25) is 4.68 Å². The van der Waals surface area contributed by atoms with E-state index in [2.05, 4.69) is 5.10 Å². The van der Waals surface area contributed by atoms with Crippen LogP contribution in [0.15, 0.2) is 6.07 Å². The molecular weight excluding hydrogens is 249 g/mol. The van der Waals surface area contributed by atoms with Crippen LogP contribution in [-0.2, 0) is 12.7 Å². The van der Waals surface area contributed by atoms with E-state index in [0.29, 0.717) is 12.5 Å². The van der Waals surface area contributed by atoms with E-state index < -0.39 is 23.5 Å². The highest BCUT2D eigenvalue weighted by molar-refractivity contribution is 5.85. The lowest BCUT2D eigenvalue weighted by Gasteiger charge is -2.04. The van der Waals surface area contributed by atoms with Crippen LogP contribution in [0.2, 0.25) is 0 Å². The van der Waals surface area contributed by atoms with E-state index in [4.69, 9.17) is 5.11 Å². The second-order valence-electron chi connectivity index (χ2n) is 4.00. The fraction of sp³-hybridized carbons (Fsp3) is 0.636. The van der Waals surface area contributed by atoms with Crippen LogP contribution in [0.3, 0.4) is 0 Å². The molecule has 1 aromatic heterocycles. The number of carboxylic acid groups (broad SMARTS) is 1. The summed E-state index contributed by atoms with van der Waals surface area (Å²) in [6, 6.07) is 0.572. The standard InChI is InChI=1S/C11H15F3N2O2/c1-2-3-4-5-6-16-8(10(17)18)7-9(15-16)11(12,13)14/h7H,2-6H2,1H3,(H,17,18). The van der Waals surface area contributed by atoms with E-state index in [1.165, 1.54) is 0 Å². The lowest BCUT2D eigenvalue weighted by molar-refractivity contribution is -0.141. The molecule has 0 spiro atoms. The second-order valence-corrected chi connectivity index (χ2v) is 4.00. The lowest BCUT2D eigenvalue weighted by Crippen LogP contribution is -2.11. The molecule has 0 saturated carbocycles. The number of rotatable bonds is 6. The van der Waals surface area contributed by atoms with Gasteiger partial charge in [-0.05, 0) is 6.42 Å². The molecule has 0 unspecified atom stereocenters. The van der Waals surface area contributed by atoms with Crippen LogP contribution in [0.1, 0.15) is 48.8 Å². The molecule has 0 aliphatic heterocycles. The highest BCUT2D eigenvalue weighted by atomic mass is 19.4. The SMILES string of the molecule is CCCCCCn1nc(C(F)(F)F)cc1C(=O)O. The number of aromatic carboxylic acids is 1. The van der Waals surface area contributed by atoms with Crippen LogP contribution in [0, 0.1) is 0 Å². The monoisotopic (exact) mass is 264 g/mol. The summed E-state index contributed by atoms with van der Waals surface area (Å²) < 4.78 is 38.2. The predicted octanol–water partition coefficient (Wildman–Crippen LogP) is 3.18. The fourth-order valence-electron chi connectivity index (χ4n) is 1.59. The van der Waals surface area contributed by atoms with Crippen molar-refractivity contribution < 1.29 is 23.1 Å². The minimum atomic E-state index is -4.61. The van der Waals surface area contributed by atoms with Crippen molar-refractivity contribution in [3.05, 3.63) is 17.5 Å². The molecule has 102 valence electrons. The number of aryl methyl sites for hydroxylation is 1. The van der Waals surface area contributed by atoms with Crippen molar-refractivity contribution >= 4 is 5.97 Å². The molecule has 1 heterocycles. The molecule has 1 N–H and O–H groups in total. The van der Waals surface area contributed by atoms with E-state index in [-0.39, 0.29) is 6.54 Å². The Balaban J connectivity index is 2.82. The number of nitrogens with zero attached hydrogens (tertiary/aromatic N) is 2. The van der Waals surface area contributed by atoms with E-state index in [9.17, 15) is 18.0 Å². The molecule has 0 amide bonds. The molecule has 1 rings (SSSR count). The number of hydrogen-bond donors (Lipinski definition) is 1. The third-order valence-corrected chi connectivity index (χ3v) is 2.51. The minimum Gasteiger partial charge on any atom is -0.477 e. The van der Waals surface area contributed by atoms with Gasteiger partial charge < -0.3 is 5.11 Å². The van der Waals surface area contributed by atoms with Crippen LogP contribution in [0.4, 0.5) is 13.2 Å². The second kappa shape index (κ2) is 5.88. The molecule has 0 radical (unpaired) electrons. The average Bonchev–Trinajstić information content (AvgIpc) is 2.68. The number of aromatic nitrogens is 2. The zero-order valence-electron chi connectivity index (χ0n) is 10.00. The molecule has 0 aliphatic rings. The van der Waals surface area contributed by atoms with Gasteiger partial charge >= 0.3 is 12.1 Å². The quantitative estimate of drug-likeness (QED) is 0.803. The molecule has 0 bridgehead atoms. The number of halogens is 3. The Kier molecular flexibility index (Phi) is 4.75. The first-order valence-corrected chi connectivity index (χ1v) is 5.74. The van der Waals surface area contributed by atoms with Gasteiger partial charge in [-0.15, -0.1) is 0 Å². The van der Waals surface area contributed by atoms with Crippen molar-refractivity contribution in [3.63, 3.8) is 0 Å². The van der Waals surface area contributed by atoms with Crippen LogP contribution in [-0.4, -0.2) is 20.9 Å². The molecule has 0 aliphatic carbocycles. The van der Waals surface area contributed by atoms with Gasteiger partial charge in [0.2, 0.25) is 0 Å². The van der Waals surface area contributed by atoms with Crippen molar-refractivity contribution in [2.75, 3.05) is 0 Å². The highest BCUT2D eigenvalue weighted by Gasteiger charge is 2.35. The molecule has 0 aromatic carbocycles. The van der Waals surface area contributed by atoms with Crippen molar-refractivity contribution in [2.45, 2.75) is 45.3 Å². The molecule has 1 aromatic rings. The summed E-state index contributed by atoms with van der Waals surface area (Å²) in [5.41, 5.74) is -1.57. The Hall–Kier alpha value is -1.53. The smallest absolute Gasteiger partial charge is 0.435 e. The van der Waals surface area contributed by atoms with Crippen LogP contribution in [0.5, 0.6) is 0 Å². The van der Waals surface area contributed by atoms with Gasteiger partial charge in [0, 0.05) is 12.6 Å². The lowest BCUT2D eigenvalue weighted by atomic mass is 10.2. The van der Waals surface area contributed by atoms with Crippen LogP contribution in [0.25, 0.3) is 0 Å². The topological polar surface area (TPSA) is 55.1 Å². The average molecular weight is 264 g/mol. The first-order chi connectivity index (χ1) is 8.36. The molecule has 4 nitrogen and oxygen atoms in total. The molecular formula is C11H15F3N2O2. The number of carboxylic acids is 1. The maximum Gasteiger partial charge on any atom is 0.435 e. The molecule has 0 saturated heterocycles. The largest absolute Gasteiger partial charge is 0.477 e. The van der Waals surface area contributed by atoms with E-state index >= 15 is 0 Å². The van der Waals surface area contributed by atoms with Crippen molar-refractivity contribution in [1.29, 1.82) is 0 Å². The summed E-state index contributed by atoms with van der Waals surface area (Å²) in [6.07, 6.45) is -1.18. The van der Waals surface area contributed by atoms with Gasteiger partial charge in [-0.1, -0.05) is 26.2 Å². The molecule has 0 fully saturated rings. The first kappa shape index (κ1) is 14.5. The summed E-state index contributed by atoms with van der Waals surface area (Å²) in [5.74, 6) is -1.39. The van der Waals surface area contributed by atoms with Crippen LogP contribution < -0.4 is 0 Å². The Morgan fingerprint density at radius 1 is 1.39 bits per heavy atom. The summed E-state index contributed by atoms with van der Waals surface area (Å²) >= 11 is 0. The normalized spacial score (nSPS) is 11.8. The summed E-state index contributed by atoms with van der Waals surface area (Å²) in [4.78, 5) is 10.8. The van der Waals surface area contributed by atoms with E-state index in [0.717, 1.165) is 23.9 Å². The third kappa shape index (κ3) is 3.75. The van der Waals surface area contributed by atoms with Crippen molar-refractivity contribution in [2.24, 2.45) is 0 Å². The zero-order chi connectivity index (χ0) is 13.8. The Bertz CT molecular complexity index is 413. The van der Waals surface area contributed by atoms with Gasteiger partial charge in [0.15, 0.2) is 5.69 Å². The highest BCUT2D eigenvalue weighted by Crippen LogP contribution is 2.28. The first-order valence-electron chi connectivity index (χ1n) is 5.74. The van der Waals surface area contributed by atoms with Gasteiger partial charge in [0.1, 0.15) is 5.69 Å². The number of unbranched alkanes of at least 4 members (excludes halogenated alkanes) is 3. The molecule has 0 atom stereocenters. The summed E-state index contributed by atoms with van der Waals surface area (Å²) in [6.45, 7) is 2.20. The van der Waals surface area contributed by atoms with Gasteiger partial charge in [-0.25, -0.2) is 4.79 Å². The van der Waals surface area contributed by atoms with Crippen molar-refractivity contribution in [3.8, 4) is 0 Å². The van der Waals surface area contributed by atoms with Crippen molar-refractivity contribution in [1.82, 2.24) is 9.78 Å². The number of carbonyl (C=O) groups is 1. The molecule has 18 heavy (non-hydrogen) atoms. The summed E-state index contributed by atoms with van der Waals surface area (Å²) in [7, 11) is 0. The third-order valence-electron chi connectivity index (χ3n) is 2.51. The van der Waals surface area contributed by atoms with Gasteiger partial charge in [0.25, 0.3) is 0 Å². The van der Waals surface area contributed by atoms with E-state index in [1.807, 2.05) is 6.92 Å². The summed E-state index contributed by atoms with van der Waals surface area (Å²) in [5, 5.41) is 12.1. The maximum absolute atomic E-state index is 12.4. The minimum absolute atomic E-state index is 0.192. The Labute approximate surface area is 102 Å². The molecule has 7 heteroatoms. The maximum atomic E-state index is 12.4. The van der Waals surface area contributed by atoms with E-state index in [1.54, 1.807) is 0 Å². The van der Waals surface area contributed by atoms with Gasteiger partial charge in [0.05, 0.1) is 0 Å². The Morgan fingerprint density at radius 3 is 2.56 bits per heavy atom. The fourth-order valence-corrected chi connectivity index (χ4v) is 1.59. The van der Waals surface area contributed by atoms with Crippen LogP contribution >= 0.6 is 0 Å². The number of alkyl halides is 3. The predicted molar refractivity (Wildman–Crippen MR) is 58.3 cm³/mol. The zero-order valence-corrected chi connectivity index (χ0v) is 10.00. The Morgan fingerprint density at radius 2 is 2.06 bits per heavy atom. The van der Waals surface area contributed by atoms with Gasteiger partial charge in [-0.2, -0.15) is 18.3 Å². The number of hydrogen-bond acceptors (Lipinski definition) is 2.